The number of piperazine rings is 2. The fourth-order valence-corrected chi connectivity index (χ4v) is 12.0. The van der Waals surface area contributed by atoms with Crippen LogP contribution < -0.4 is 37.3 Å². The highest BCUT2D eigenvalue weighted by Gasteiger charge is 2.33. The number of benzene rings is 4. The highest BCUT2D eigenvalue weighted by Crippen LogP contribution is 2.41. The van der Waals surface area contributed by atoms with E-state index in [0.717, 1.165) is 61.2 Å². The molecule has 2 aliphatic carbocycles. The standard InChI is InChI=1S/C34H41ClN4O6.C33H40ClN5O6/c1-2-19-43-20-21-44-22-23-45-24-32(40)38-17-15-37(16-18-38)30-7-3-5-27-28(30)12-13-31(27)39-14-4-6-29(34(39)42)33(41)36-26-10-8-25(35)9-11-26;34-24-6-8-25(9-7-24)36-32(41)28-4-2-13-39(33(28)42)30-11-10-27-26(30)3-1-5-29(27)37-14-16-38(17-15-37)31(40)23-45-22-21-44-20-19-43-18-12-35/h3-11,14,31H,2,12-13,15-24H2,1H3,(H,36,41);1-9,13,30H,10-12,14-23,35H2,(H,36,41). The molecule has 0 radical (unpaired) electrons. The van der Waals surface area contributed by atoms with Crippen LogP contribution in [0.15, 0.2) is 131 Å². The predicted molar refractivity (Wildman–Crippen MR) is 348 cm³/mol. The monoisotopic (exact) mass is 1270 g/mol. The number of ether oxygens (including phenoxy) is 6. The molecule has 2 unspecified atom stereocenters. The van der Waals surface area contributed by atoms with Crippen molar-refractivity contribution in [3.05, 3.63) is 186 Å². The molecule has 10 rings (SSSR count). The van der Waals surface area contributed by atoms with E-state index in [-0.39, 0.29) is 59.4 Å². The molecule has 2 saturated heterocycles. The maximum Gasteiger partial charge on any atom is 0.263 e. The van der Waals surface area contributed by atoms with Gasteiger partial charge in [0.1, 0.15) is 24.3 Å². The number of halogens is 2. The maximum absolute atomic E-state index is 13.5. The van der Waals surface area contributed by atoms with E-state index in [1.807, 2.05) is 21.9 Å². The second-order valence-corrected chi connectivity index (χ2v) is 22.9. The first kappa shape index (κ1) is 67.0. The number of pyridine rings is 2. The number of hydrogen-bond acceptors (Lipinski definition) is 15. The minimum absolute atomic E-state index is 0.0151. The summed E-state index contributed by atoms with van der Waals surface area (Å²) in [7, 11) is 0. The molecular formula is C67H81Cl2N9O12. The van der Waals surface area contributed by atoms with E-state index >= 15 is 0 Å². The van der Waals surface area contributed by atoms with E-state index < -0.39 is 11.8 Å². The molecule has 480 valence electrons. The molecule has 6 aromatic rings. The Morgan fingerprint density at radius 3 is 1.24 bits per heavy atom. The predicted octanol–water partition coefficient (Wildman–Crippen LogP) is 7.34. The Morgan fingerprint density at radius 2 is 0.856 bits per heavy atom. The van der Waals surface area contributed by atoms with E-state index in [2.05, 4.69) is 51.6 Å². The number of nitrogens with zero attached hydrogens (tertiary/aromatic N) is 6. The van der Waals surface area contributed by atoms with Gasteiger partial charge in [-0.05, 0) is 139 Å². The van der Waals surface area contributed by atoms with Crippen LogP contribution in [0, 0.1) is 0 Å². The Morgan fingerprint density at radius 1 is 0.478 bits per heavy atom. The lowest BCUT2D eigenvalue weighted by atomic mass is 10.0. The van der Waals surface area contributed by atoms with Gasteiger partial charge in [-0.15, -0.1) is 0 Å². The third kappa shape index (κ3) is 17.9. The molecule has 4 heterocycles. The van der Waals surface area contributed by atoms with Gasteiger partial charge in [0.05, 0.1) is 71.5 Å². The first-order chi connectivity index (χ1) is 43.9. The Kier molecular flexibility index (Phi) is 25.4. The lowest BCUT2D eigenvalue weighted by molar-refractivity contribution is -0.137. The van der Waals surface area contributed by atoms with Crippen LogP contribution in [-0.2, 0) is 50.9 Å². The van der Waals surface area contributed by atoms with Gasteiger partial charge >= 0.3 is 0 Å². The molecule has 4 amide bonds. The Balaban J connectivity index is 0.000000213. The topological polar surface area (TPSA) is 231 Å². The molecule has 2 fully saturated rings. The Hall–Kier alpha value is -7.44. The number of rotatable bonds is 28. The number of carbonyl (C=O) groups is 4. The summed E-state index contributed by atoms with van der Waals surface area (Å²) in [5.41, 5.74) is 12.9. The zero-order valence-electron chi connectivity index (χ0n) is 51.0. The third-order valence-electron chi connectivity index (χ3n) is 16.2. The number of hydrogen-bond donors (Lipinski definition) is 3. The molecule has 0 bridgehead atoms. The van der Waals surface area contributed by atoms with Crippen molar-refractivity contribution in [3.8, 4) is 0 Å². The van der Waals surface area contributed by atoms with Crippen LogP contribution in [0.5, 0.6) is 0 Å². The van der Waals surface area contributed by atoms with Gasteiger partial charge in [0.15, 0.2) is 0 Å². The highest BCUT2D eigenvalue weighted by atomic mass is 35.5. The third-order valence-corrected chi connectivity index (χ3v) is 16.7. The zero-order chi connectivity index (χ0) is 63.2. The zero-order valence-corrected chi connectivity index (χ0v) is 52.5. The fraction of sp³-hybridized carbons (Fsp3) is 0.433. The normalized spacial score (nSPS) is 16.1. The summed E-state index contributed by atoms with van der Waals surface area (Å²) < 4.78 is 35.9. The van der Waals surface area contributed by atoms with Gasteiger partial charge in [0.25, 0.3) is 22.9 Å². The van der Waals surface area contributed by atoms with Gasteiger partial charge in [-0.2, -0.15) is 0 Å². The van der Waals surface area contributed by atoms with E-state index in [0.29, 0.717) is 140 Å². The molecule has 0 spiro atoms. The lowest BCUT2D eigenvalue weighted by Gasteiger charge is -2.37. The molecule has 4 N–H and O–H groups in total. The number of nitrogens with one attached hydrogen (secondary N) is 2. The summed E-state index contributed by atoms with van der Waals surface area (Å²) in [6.45, 7) is 12.8. The van der Waals surface area contributed by atoms with Crippen LogP contribution in [0.2, 0.25) is 10.0 Å². The molecule has 0 saturated carbocycles. The fourth-order valence-electron chi connectivity index (χ4n) is 11.7. The van der Waals surface area contributed by atoms with Crippen molar-refractivity contribution < 1.29 is 47.6 Å². The van der Waals surface area contributed by atoms with Crippen molar-refractivity contribution in [3.63, 3.8) is 0 Å². The van der Waals surface area contributed by atoms with Gasteiger partial charge in [-0.3, -0.25) is 28.8 Å². The number of anilines is 4. The summed E-state index contributed by atoms with van der Waals surface area (Å²) in [5.74, 6) is -0.959. The van der Waals surface area contributed by atoms with Gasteiger partial charge in [-0.25, -0.2) is 0 Å². The van der Waals surface area contributed by atoms with E-state index in [1.54, 1.807) is 94.3 Å². The van der Waals surface area contributed by atoms with Crippen LogP contribution in [0.4, 0.5) is 22.7 Å². The van der Waals surface area contributed by atoms with Crippen molar-refractivity contribution >= 4 is 69.6 Å². The maximum atomic E-state index is 13.5. The average molecular weight is 1280 g/mol. The van der Waals surface area contributed by atoms with Crippen LogP contribution in [0.25, 0.3) is 0 Å². The molecule has 90 heavy (non-hydrogen) atoms. The second kappa shape index (κ2) is 34.1. The van der Waals surface area contributed by atoms with Crippen molar-refractivity contribution in [2.45, 2.75) is 51.1 Å². The number of fused-ring (bicyclic) bond motifs is 2. The van der Waals surface area contributed by atoms with Gasteiger partial charge in [0.2, 0.25) is 11.8 Å². The first-order valence-corrected chi connectivity index (χ1v) is 31.7. The van der Waals surface area contributed by atoms with Crippen LogP contribution in [0.3, 0.4) is 0 Å². The summed E-state index contributed by atoms with van der Waals surface area (Å²) in [4.78, 5) is 86.8. The Labute approximate surface area is 534 Å². The van der Waals surface area contributed by atoms with E-state index in [1.165, 1.54) is 11.1 Å². The number of aromatic nitrogens is 2. The van der Waals surface area contributed by atoms with Crippen molar-refractivity contribution in [1.82, 2.24) is 18.9 Å². The SMILES string of the molecule is CCCOCCOCCOCC(=O)N1CCN(c2cccc3c2CCC3n2cccc(C(=O)Nc3ccc(Cl)cc3)c2=O)CC1.NCCOCCOCCOCC(=O)N1CCN(c2cccc3c2CCC3n2cccc(C(=O)Nc3ccc(Cl)cc3)c2=O)CC1. The van der Waals surface area contributed by atoms with Crippen LogP contribution >= 0.6 is 23.2 Å². The van der Waals surface area contributed by atoms with Crippen molar-refractivity contribution in [2.75, 3.05) is 159 Å². The summed E-state index contributed by atoms with van der Waals surface area (Å²) in [5, 5.41) is 6.71. The highest BCUT2D eigenvalue weighted by molar-refractivity contribution is 6.31. The number of carbonyl (C=O) groups excluding carboxylic acids is 4. The van der Waals surface area contributed by atoms with Gasteiger partial charge in [0, 0.05) is 111 Å². The lowest BCUT2D eigenvalue weighted by Crippen LogP contribution is -2.50. The molecule has 2 aliphatic heterocycles. The second-order valence-electron chi connectivity index (χ2n) is 22.1. The van der Waals surface area contributed by atoms with Crippen molar-refractivity contribution in [1.29, 1.82) is 0 Å². The van der Waals surface area contributed by atoms with E-state index in [4.69, 9.17) is 57.4 Å². The van der Waals surface area contributed by atoms with E-state index in [9.17, 15) is 28.8 Å². The minimum Gasteiger partial charge on any atom is -0.379 e. The van der Waals surface area contributed by atoms with Crippen LogP contribution in [-0.4, -0.2) is 181 Å². The molecule has 4 aromatic carbocycles. The number of amides is 4. The molecular weight excluding hydrogens is 1190 g/mol. The molecule has 2 aromatic heterocycles. The molecule has 2 atom stereocenters. The summed E-state index contributed by atoms with van der Waals surface area (Å²) in [6, 6.07) is 32.2. The van der Waals surface area contributed by atoms with Gasteiger partial charge < -0.3 is 73.5 Å². The van der Waals surface area contributed by atoms with Crippen LogP contribution in [0.1, 0.15) is 81.2 Å². The molecule has 4 aliphatic rings. The summed E-state index contributed by atoms with van der Waals surface area (Å²) >= 11 is 11.9. The average Bonchev–Trinajstić information content (AvgIpc) is 2.14. The number of nitrogens with two attached hydrogens (primary N) is 1. The molecule has 21 nitrogen and oxygen atoms in total. The minimum atomic E-state index is -0.459. The Bertz CT molecular complexity index is 3240. The first-order valence-electron chi connectivity index (χ1n) is 30.9. The molecule has 23 heteroatoms. The quantitative estimate of drug-likeness (QED) is 0.0408. The smallest absolute Gasteiger partial charge is 0.263 e. The largest absolute Gasteiger partial charge is 0.379 e. The van der Waals surface area contributed by atoms with Gasteiger partial charge in [-0.1, -0.05) is 54.4 Å². The summed E-state index contributed by atoms with van der Waals surface area (Å²) in [6.07, 6.45) is 7.66. The van der Waals surface area contributed by atoms with Crippen molar-refractivity contribution in [2.24, 2.45) is 5.73 Å².